The number of amides is 1. The maximum Gasteiger partial charge on any atom is 0.417 e. The molecule has 0 spiro atoms. The molecule has 2 rings (SSSR count). The van der Waals surface area contributed by atoms with Crippen molar-refractivity contribution < 1.29 is 14.3 Å². The Morgan fingerprint density at radius 1 is 1.59 bits per heavy atom. The average Bonchev–Trinajstić information content (AvgIpc) is 2.67. The maximum absolute atomic E-state index is 11.3. The number of aromatic amines is 1. The molecule has 7 heteroatoms. The van der Waals surface area contributed by atoms with Gasteiger partial charge in [0.05, 0.1) is 5.52 Å². The molecule has 0 saturated heterocycles. The minimum Gasteiger partial charge on any atom is -0.408 e. The number of aromatic nitrogens is 1. The summed E-state index contributed by atoms with van der Waals surface area (Å²) in [5, 5.41) is 11.7. The lowest BCUT2D eigenvalue weighted by Gasteiger charge is -2.08. The molecule has 1 unspecified atom stereocenters. The zero-order valence-corrected chi connectivity index (χ0v) is 8.77. The molecule has 1 aromatic heterocycles. The summed E-state index contributed by atoms with van der Waals surface area (Å²) in [6.45, 7) is -0.156. The van der Waals surface area contributed by atoms with Gasteiger partial charge < -0.3 is 20.6 Å². The summed E-state index contributed by atoms with van der Waals surface area (Å²) in [6.07, 6.45) is -1.26. The summed E-state index contributed by atoms with van der Waals surface area (Å²) in [7, 11) is 0. The van der Waals surface area contributed by atoms with Gasteiger partial charge in [-0.05, 0) is 18.2 Å². The van der Waals surface area contributed by atoms with Crippen LogP contribution in [-0.2, 0) is 4.79 Å². The molecule has 7 nitrogen and oxygen atoms in total. The summed E-state index contributed by atoms with van der Waals surface area (Å²) < 4.78 is 4.80. The number of carbonyl (C=O) groups is 1. The van der Waals surface area contributed by atoms with Gasteiger partial charge in [0.25, 0.3) is 5.91 Å². The van der Waals surface area contributed by atoms with Crippen LogP contribution in [0.5, 0.6) is 0 Å². The lowest BCUT2D eigenvalue weighted by Crippen LogP contribution is -2.34. The van der Waals surface area contributed by atoms with Gasteiger partial charge >= 0.3 is 5.76 Å². The number of fused-ring (bicyclic) bond motifs is 1. The third-order valence-electron chi connectivity index (χ3n) is 2.21. The number of H-pyrrole nitrogens is 1. The number of oxazole rings is 1. The Balaban J connectivity index is 2.24. The zero-order valence-electron chi connectivity index (χ0n) is 8.77. The molecule has 0 saturated carbocycles. The van der Waals surface area contributed by atoms with Crippen LogP contribution >= 0.6 is 0 Å². The highest BCUT2D eigenvalue weighted by Gasteiger charge is 2.13. The van der Waals surface area contributed by atoms with Crippen molar-refractivity contribution in [3.8, 4) is 0 Å². The topological polar surface area (TPSA) is 121 Å². The van der Waals surface area contributed by atoms with Gasteiger partial charge in [-0.15, -0.1) is 0 Å². The normalized spacial score (nSPS) is 12.6. The number of aliphatic hydroxyl groups is 1. The highest BCUT2D eigenvalue weighted by Crippen LogP contribution is 2.16. The van der Waals surface area contributed by atoms with E-state index in [2.05, 4.69) is 10.3 Å². The van der Waals surface area contributed by atoms with Crippen molar-refractivity contribution in [2.24, 2.45) is 5.73 Å². The van der Waals surface area contributed by atoms with Crippen LogP contribution in [0.4, 0.5) is 5.69 Å². The molecule has 0 aliphatic carbocycles. The van der Waals surface area contributed by atoms with Gasteiger partial charge in [-0.1, -0.05) is 0 Å². The van der Waals surface area contributed by atoms with E-state index in [0.29, 0.717) is 16.8 Å². The van der Waals surface area contributed by atoms with E-state index in [4.69, 9.17) is 10.2 Å². The lowest BCUT2D eigenvalue weighted by molar-refractivity contribution is -0.123. The predicted octanol–water partition coefficient (Wildman–Crippen LogP) is -0.621. The second kappa shape index (κ2) is 4.40. The van der Waals surface area contributed by atoms with Crippen LogP contribution in [0.2, 0.25) is 0 Å². The number of nitrogens with one attached hydrogen (secondary N) is 2. The fraction of sp³-hybridized carbons (Fsp3) is 0.200. The van der Waals surface area contributed by atoms with Gasteiger partial charge in [0, 0.05) is 12.2 Å². The first-order valence-electron chi connectivity index (χ1n) is 4.92. The Bertz CT molecular complexity index is 601. The van der Waals surface area contributed by atoms with Gasteiger partial charge in [-0.2, -0.15) is 0 Å². The van der Waals surface area contributed by atoms with E-state index < -0.39 is 17.8 Å². The summed E-state index contributed by atoms with van der Waals surface area (Å²) in [5.74, 6) is -1.16. The van der Waals surface area contributed by atoms with E-state index in [1.54, 1.807) is 6.07 Å². The number of hydrogen-bond donors (Lipinski definition) is 4. The number of benzene rings is 1. The highest BCUT2D eigenvalue weighted by molar-refractivity contribution is 5.95. The molecule has 17 heavy (non-hydrogen) atoms. The standard InChI is InChI=1S/C10H11N3O4/c11-4-7(14)9(15)12-5-1-2-8-6(3-5)13-10(16)17-8/h1-3,7,14H,4,11H2,(H,12,15)(H,13,16). The van der Waals surface area contributed by atoms with Gasteiger partial charge in [0.1, 0.15) is 6.10 Å². The largest absolute Gasteiger partial charge is 0.417 e. The summed E-state index contributed by atoms with van der Waals surface area (Å²) in [6, 6.07) is 4.62. The Labute approximate surface area is 95.2 Å². The van der Waals surface area contributed by atoms with Crippen LogP contribution in [0.1, 0.15) is 0 Å². The van der Waals surface area contributed by atoms with Gasteiger partial charge in [-0.3, -0.25) is 9.78 Å². The quantitative estimate of drug-likeness (QED) is 0.566. The highest BCUT2D eigenvalue weighted by atomic mass is 16.4. The van der Waals surface area contributed by atoms with E-state index in [0.717, 1.165) is 0 Å². The second-order valence-electron chi connectivity index (χ2n) is 3.47. The summed E-state index contributed by atoms with van der Waals surface area (Å²) >= 11 is 0. The molecule has 0 aliphatic heterocycles. The Hall–Kier alpha value is -2.12. The Morgan fingerprint density at radius 3 is 3.06 bits per heavy atom. The second-order valence-corrected chi connectivity index (χ2v) is 3.47. The minimum absolute atomic E-state index is 0.156. The average molecular weight is 237 g/mol. The molecule has 1 atom stereocenters. The van der Waals surface area contributed by atoms with Gasteiger partial charge in [-0.25, -0.2) is 4.79 Å². The third kappa shape index (κ3) is 2.35. The first-order valence-corrected chi connectivity index (χ1v) is 4.92. The fourth-order valence-electron chi connectivity index (χ4n) is 1.36. The van der Waals surface area contributed by atoms with Crippen molar-refractivity contribution in [2.45, 2.75) is 6.10 Å². The molecular weight excluding hydrogens is 226 g/mol. The van der Waals surface area contributed by atoms with Crippen LogP contribution in [0.15, 0.2) is 27.4 Å². The number of rotatable bonds is 3. The number of nitrogens with two attached hydrogens (primary N) is 1. The van der Waals surface area contributed by atoms with Crippen molar-refractivity contribution in [1.82, 2.24) is 4.98 Å². The van der Waals surface area contributed by atoms with Crippen LogP contribution in [0, 0.1) is 0 Å². The van der Waals surface area contributed by atoms with Crippen LogP contribution < -0.4 is 16.8 Å². The molecular formula is C10H11N3O4. The number of hydrogen-bond acceptors (Lipinski definition) is 5. The third-order valence-corrected chi connectivity index (χ3v) is 2.21. The Kier molecular flexibility index (Phi) is 2.94. The van der Waals surface area contributed by atoms with Crippen molar-refractivity contribution >= 4 is 22.7 Å². The molecule has 0 radical (unpaired) electrons. The number of anilines is 1. The minimum atomic E-state index is -1.26. The van der Waals surface area contributed by atoms with Crippen molar-refractivity contribution in [1.29, 1.82) is 0 Å². The number of aliphatic hydroxyl groups excluding tert-OH is 1. The molecule has 2 aromatic rings. The summed E-state index contributed by atoms with van der Waals surface area (Å²) in [5.41, 5.74) is 6.45. The SMILES string of the molecule is NCC(O)C(=O)Nc1ccc2oc(=O)[nH]c2c1. The number of carbonyl (C=O) groups excluding carboxylic acids is 1. The Morgan fingerprint density at radius 2 is 2.35 bits per heavy atom. The molecule has 0 fully saturated rings. The summed E-state index contributed by atoms with van der Waals surface area (Å²) in [4.78, 5) is 24.7. The van der Waals surface area contributed by atoms with E-state index >= 15 is 0 Å². The fourth-order valence-corrected chi connectivity index (χ4v) is 1.36. The molecule has 90 valence electrons. The van der Waals surface area contributed by atoms with Crippen molar-refractivity contribution in [2.75, 3.05) is 11.9 Å². The van der Waals surface area contributed by atoms with Crippen LogP contribution in [0.25, 0.3) is 11.1 Å². The molecule has 1 aromatic carbocycles. The monoisotopic (exact) mass is 237 g/mol. The van der Waals surface area contributed by atoms with Crippen molar-refractivity contribution in [3.63, 3.8) is 0 Å². The van der Waals surface area contributed by atoms with Crippen LogP contribution in [0.3, 0.4) is 0 Å². The van der Waals surface area contributed by atoms with E-state index in [1.807, 2.05) is 0 Å². The van der Waals surface area contributed by atoms with Gasteiger partial charge in [0.15, 0.2) is 5.58 Å². The predicted molar refractivity (Wildman–Crippen MR) is 60.5 cm³/mol. The first kappa shape index (κ1) is 11.4. The molecule has 1 amide bonds. The zero-order chi connectivity index (χ0) is 12.4. The lowest BCUT2D eigenvalue weighted by atomic mass is 10.2. The van der Waals surface area contributed by atoms with E-state index in [9.17, 15) is 14.7 Å². The van der Waals surface area contributed by atoms with Crippen molar-refractivity contribution in [3.05, 3.63) is 28.7 Å². The maximum atomic E-state index is 11.3. The smallest absolute Gasteiger partial charge is 0.408 e. The van der Waals surface area contributed by atoms with Crippen LogP contribution in [-0.4, -0.2) is 28.6 Å². The molecule has 1 heterocycles. The van der Waals surface area contributed by atoms with E-state index in [-0.39, 0.29) is 6.54 Å². The first-order chi connectivity index (χ1) is 8.10. The van der Waals surface area contributed by atoms with E-state index in [1.165, 1.54) is 12.1 Å². The molecule has 5 N–H and O–H groups in total. The van der Waals surface area contributed by atoms with Gasteiger partial charge in [0.2, 0.25) is 0 Å². The molecule has 0 aliphatic rings. The molecule has 0 bridgehead atoms.